The van der Waals surface area contributed by atoms with Crippen molar-refractivity contribution in [3.63, 3.8) is 0 Å². The van der Waals surface area contributed by atoms with Gasteiger partial charge in [0.15, 0.2) is 0 Å². The molecule has 3 nitrogen and oxygen atoms in total. The number of H-pyrrole nitrogens is 1. The first kappa shape index (κ1) is 10.6. The zero-order chi connectivity index (χ0) is 11.9. The molecule has 2 aromatic rings. The van der Waals surface area contributed by atoms with E-state index in [1.807, 2.05) is 0 Å². The molecule has 0 saturated heterocycles. The van der Waals surface area contributed by atoms with Crippen LogP contribution in [0.1, 0.15) is 16.1 Å². The summed E-state index contributed by atoms with van der Waals surface area (Å²) in [5.74, 6) is -1.77. The number of hydrogen-bond donors (Lipinski definition) is 2. The first-order valence-electron chi connectivity index (χ1n) is 4.74. The van der Waals surface area contributed by atoms with Gasteiger partial charge in [-0.2, -0.15) is 0 Å². The molecular formula is C11H10F2N2O. The fourth-order valence-corrected chi connectivity index (χ4v) is 1.77. The average molecular weight is 224 g/mol. The number of halogens is 2. The molecule has 2 rings (SSSR count). The van der Waals surface area contributed by atoms with E-state index in [9.17, 15) is 13.6 Å². The Hall–Kier alpha value is -1.91. The van der Waals surface area contributed by atoms with Gasteiger partial charge in [-0.3, -0.25) is 4.79 Å². The van der Waals surface area contributed by atoms with Gasteiger partial charge in [-0.25, -0.2) is 8.78 Å². The number of carbonyl (C=O) groups excluding carboxylic acids is 1. The molecule has 0 radical (unpaired) electrons. The number of aromatic amines is 1. The minimum Gasteiger partial charge on any atom is -0.356 e. The summed E-state index contributed by atoms with van der Waals surface area (Å²) >= 11 is 0. The Kier molecular flexibility index (Phi) is 2.38. The van der Waals surface area contributed by atoms with Crippen molar-refractivity contribution in [1.29, 1.82) is 0 Å². The van der Waals surface area contributed by atoms with Gasteiger partial charge in [-0.15, -0.1) is 0 Å². The van der Waals surface area contributed by atoms with E-state index < -0.39 is 11.6 Å². The standard InChI is InChI=1S/C11H10F2N2O/c1-5-9(11(16)14-2)7-3-6(12)4-8(13)10(7)15-5/h3-4,15H,1-2H3,(H,14,16). The van der Waals surface area contributed by atoms with Gasteiger partial charge in [0, 0.05) is 24.2 Å². The van der Waals surface area contributed by atoms with Gasteiger partial charge in [-0.1, -0.05) is 0 Å². The van der Waals surface area contributed by atoms with E-state index in [1.54, 1.807) is 6.92 Å². The maximum atomic E-state index is 13.4. The summed E-state index contributed by atoms with van der Waals surface area (Å²) < 4.78 is 26.5. The van der Waals surface area contributed by atoms with Crippen LogP contribution >= 0.6 is 0 Å². The molecule has 1 heterocycles. The first-order valence-corrected chi connectivity index (χ1v) is 4.74. The van der Waals surface area contributed by atoms with Gasteiger partial charge in [0.05, 0.1) is 11.1 Å². The maximum absolute atomic E-state index is 13.4. The first-order chi connectivity index (χ1) is 7.54. The summed E-state index contributed by atoms with van der Waals surface area (Å²) in [6.45, 7) is 1.64. The van der Waals surface area contributed by atoms with Crippen LogP contribution in [-0.2, 0) is 0 Å². The number of nitrogens with one attached hydrogen (secondary N) is 2. The van der Waals surface area contributed by atoms with Crippen LogP contribution in [0.15, 0.2) is 12.1 Å². The number of benzene rings is 1. The van der Waals surface area contributed by atoms with Crippen LogP contribution in [0.4, 0.5) is 8.78 Å². The predicted octanol–water partition coefficient (Wildman–Crippen LogP) is 2.11. The van der Waals surface area contributed by atoms with Crippen LogP contribution in [0.3, 0.4) is 0 Å². The third-order valence-corrected chi connectivity index (χ3v) is 2.47. The fourth-order valence-electron chi connectivity index (χ4n) is 1.77. The van der Waals surface area contributed by atoms with Gasteiger partial charge < -0.3 is 10.3 Å². The van der Waals surface area contributed by atoms with E-state index in [-0.39, 0.29) is 22.4 Å². The topological polar surface area (TPSA) is 44.9 Å². The summed E-state index contributed by atoms with van der Waals surface area (Å²) in [5, 5.41) is 2.69. The van der Waals surface area contributed by atoms with E-state index >= 15 is 0 Å². The largest absolute Gasteiger partial charge is 0.356 e. The third kappa shape index (κ3) is 1.44. The van der Waals surface area contributed by atoms with Gasteiger partial charge in [0.1, 0.15) is 11.6 Å². The van der Waals surface area contributed by atoms with E-state index in [0.717, 1.165) is 12.1 Å². The summed E-state index contributed by atoms with van der Waals surface area (Å²) in [7, 11) is 1.47. The minimum atomic E-state index is -0.701. The summed E-state index contributed by atoms with van der Waals surface area (Å²) in [6, 6.07) is 1.93. The zero-order valence-corrected chi connectivity index (χ0v) is 8.82. The highest BCUT2D eigenvalue weighted by atomic mass is 19.1. The lowest BCUT2D eigenvalue weighted by molar-refractivity contribution is 0.0964. The van der Waals surface area contributed by atoms with Crippen molar-refractivity contribution in [2.45, 2.75) is 6.92 Å². The molecule has 5 heteroatoms. The second-order valence-electron chi connectivity index (χ2n) is 3.51. The molecule has 1 aromatic heterocycles. The lowest BCUT2D eigenvalue weighted by Gasteiger charge is -1.99. The van der Waals surface area contributed by atoms with Crippen molar-refractivity contribution in [3.05, 3.63) is 35.0 Å². The SMILES string of the molecule is CNC(=O)c1c(C)[nH]c2c(F)cc(F)cc12. The molecule has 0 atom stereocenters. The number of aromatic nitrogens is 1. The molecule has 0 saturated carbocycles. The van der Waals surface area contributed by atoms with E-state index in [0.29, 0.717) is 5.69 Å². The van der Waals surface area contributed by atoms with Crippen molar-refractivity contribution >= 4 is 16.8 Å². The monoisotopic (exact) mass is 224 g/mol. The van der Waals surface area contributed by atoms with Crippen molar-refractivity contribution in [1.82, 2.24) is 10.3 Å². The van der Waals surface area contributed by atoms with Crippen molar-refractivity contribution in [2.75, 3.05) is 7.05 Å². The van der Waals surface area contributed by atoms with E-state index in [2.05, 4.69) is 10.3 Å². The molecule has 0 bridgehead atoms. The van der Waals surface area contributed by atoms with Crippen LogP contribution in [-0.4, -0.2) is 17.9 Å². The summed E-state index contributed by atoms with van der Waals surface area (Å²) in [6.07, 6.45) is 0. The number of hydrogen-bond acceptors (Lipinski definition) is 1. The predicted molar refractivity (Wildman–Crippen MR) is 56.3 cm³/mol. The van der Waals surface area contributed by atoms with E-state index in [4.69, 9.17) is 0 Å². The lowest BCUT2D eigenvalue weighted by Crippen LogP contribution is -2.18. The Morgan fingerprint density at radius 3 is 2.69 bits per heavy atom. The van der Waals surface area contributed by atoms with Crippen LogP contribution in [0.25, 0.3) is 10.9 Å². The molecule has 0 unspecified atom stereocenters. The number of rotatable bonds is 1. The highest BCUT2D eigenvalue weighted by molar-refractivity contribution is 6.08. The van der Waals surface area contributed by atoms with E-state index in [1.165, 1.54) is 7.05 Å². The molecular weight excluding hydrogens is 214 g/mol. The minimum absolute atomic E-state index is 0.150. The highest BCUT2D eigenvalue weighted by Crippen LogP contribution is 2.25. The van der Waals surface area contributed by atoms with Gasteiger partial charge in [-0.05, 0) is 13.0 Å². The van der Waals surface area contributed by atoms with Crippen molar-refractivity contribution in [2.24, 2.45) is 0 Å². The molecule has 0 aliphatic rings. The van der Waals surface area contributed by atoms with Crippen LogP contribution in [0.2, 0.25) is 0 Å². The van der Waals surface area contributed by atoms with Gasteiger partial charge in [0.2, 0.25) is 0 Å². The molecule has 16 heavy (non-hydrogen) atoms. The average Bonchev–Trinajstić information content (AvgIpc) is 2.54. The molecule has 0 aliphatic carbocycles. The van der Waals surface area contributed by atoms with Crippen LogP contribution in [0.5, 0.6) is 0 Å². The lowest BCUT2D eigenvalue weighted by atomic mass is 10.1. The number of carbonyl (C=O) groups is 1. The van der Waals surface area contributed by atoms with Crippen molar-refractivity contribution < 1.29 is 13.6 Å². The zero-order valence-electron chi connectivity index (χ0n) is 8.82. The number of amides is 1. The number of aryl methyl sites for hydroxylation is 1. The second kappa shape index (κ2) is 3.59. The van der Waals surface area contributed by atoms with Crippen molar-refractivity contribution in [3.8, 4) is 0 Å². The normalized spacial score (nSPS) is 10.8. The molecule has 1 aromatic carbocycles. The molecule has 1 amide bonds. The highest BCUT2D eigenvalue weighted by Gasteiger charge is 2.17. The Balaban J connectivity index is 2.83. The van der Waals surface area contributed by atoms with Gasteiger partial charge >= 0.3 is 0 Å². The summed E-state index contributed by atoms with van der Waals surface area (Å²) in [4.78, 5) is 14.3. The maximum Gasteiger partial charge on any atom is 0.253 e. The second-order valence-corrected chi connectivity index (χ2v) is 3.51. The molecule has 0 spiro atoms. The van der Waals surface area contributed by atoms with Gasteiger partial charge in [0.25, 0.3) is 5.91 Å². The Morgan fingerprint density at radius 1 is 1.38 bits per heavy atom. The fraction of sp³-hybridized carbons (Fsp3) is 0.182. The quantitative estimate of drug-likeness (QED) is 0.765. The molecule has 2 N–H and O–H groups in total. The molecule has 0 aliphatic heterocycles. The smallest absolute Gasteiger partial charge is 0.253 e. The molecule has 84 valence electrons. The Bertz CT molecular complexity index is 575. The number of fused-ring (bicyclic) bond motifs is 1. The third-order valence-electron chi connectivity index (χ3n) is 2.47. The Morgan fingerprint density at radius 2 is 2.06 bits per heavy atom. The Labute approximate surface area is 90.5 Å². The summed E-state index contributed by atoms with van der Waals surface area (Å²) in [5.41, 5.74) is 0.937. The van der Waals surface area contributed by atoms with Crippen LogP contribution < -0.4 is 5.32 Å². The van der Waals surface area contributed by atoms with Crippen LogP contribution in [0, 0.1) is 18.6 Å². The molecule has 0 fully saturated rings.